The van der Waals surface area contributed by atoms with E-state index in [-0.39, 0.29) is 16.7 Å². The molecular formula is C27H25O12P. The lowest BCUT2D eigenvalue weighted by atomic mass is 9.98. The van der Waals surface area contributed by atoms with E-state index < -0.39 is 63.0 Å². The highest BCUT2D eigenvalue weighted by atomic mass is 31.2. The Morgan fingerprint density at radius 1 is 0.650 bits per heavy atom. The molecule has 3 N–H and O–H groups in total. The van der Waals surface area contributed by atoms with Gasteiger partial charge >= 0.3 is 25.7 Å². The second kappa shape index (κ2) is 13.0. The third-order valence-electron chi connectivity index (χ3n) is 5.77. The summed E-state index contributed by atoms with van der Waals surface area (Å²) in [6.07, 6.45) is -8.60. The Kier molecular flexibility index (Phi) is 9.43. The van der Waals surface area contributed by atoms with Crippen molar-refractivity contribution < 1.29 is 57.3 Å². The minimum atomic E-state index is -5.04. The highest BCUT2D eigenvalue weighted by molar-refractivity contribution is 7.46. The topological polar surface area (TPSA) is 175 Å². The highest BCUT2D eigenvalue weighted by Gasteiger charge is 2.52. The van der Waals surface area contributed by atoms with Gasteiger partial charge in [-0.15, -0.1) is 0 Å². The van der Waals surface area contributed by atoms with Crippen LogP contribution in [-0.2, 0) is 28.0 Å². The number of ether oxygens (including phenoxy) is 4. The molecular weight excluding hydrogens is 547 g/mol. The summed E-state index contributed by atoms with van der Waals surface area (Å²) in [7, 11) is -5.04. The molecule has 0 unspecified atom stereocenters. The van der Waals surface area contributed by atoms with Crippen LogP contribution in [0.2, 0.25) is 0 Å². The van der Waals surface area contributed by atoms with E-state index in [1.54, 1.807) is 54.6 Å². The number of phosphoric acid groups is 1. The Morgan fingerprint density at radius 3 is 1.43 bits per heavy atom. The number of esters is 3. The Morgan fingerprint density at radius 2 is 1.02 bits per heavy atom. The largest absolute Gasteiger partial charge is 0.469 e. The van der Waals surface area contributed by atoms with Gasteiger partial charge in [0, 0.05) is 0 Å². The van der Waals surface area contributed by atoms with Crippen LogP contribution in [0.3, 0.4) is 0 Å². The highest BCUT2D eigenvalue weighted by Crippen LogP contribution is 2.38. The molecule has 3 aromatic carbocycles. The number of hydrogen-bond acceptors (Lipinski definition) is 10. The van der Waals surface area contributed by atoms with Gasteiger partial charge in [0.15, 0.2) is 24.6 Å². The Balaban J connectivity index is 1.70. The van der Waals surface area contributed by atoms with Gasteiger partial charge in [-0.05, 0) is 36.4 Å². The van der Waals surface area contributed by atoms with Crippen molar-refractivity contribution in [1.29, 1.82) is 0 Å². The molecule has 210 valence electrons. The molecule has 0 amide bonds. The Bertz CT molecular complexity index is 1350. The first-order valence-electron chi connectivity index (χ1n) is 11.9. The maximum atomic E-state index is 13.1. The average molecular weight is 572 g/mol. The molecule has 0 radical (unpaired) electrons. The van der Waals surface area contributed by atoms with Gasteiger partial charge < -0.3 is 33.8 Å². The molecule has 4 rings (SSSR count). The maximum Gasteiger partial charge on any atom is 0.469 e. The van der Waals surface area contributed by atoms with Crippen LogP contribution >= 0.6 is 7.82 Å². The molecule has 1 aliphatic heterocycles. The molecule has 0 aliphatic carbocycles. The molecule has 1 heterocycles. The van der Waals surface area contributed by atoms with Gasteiger partial charge in [-0.1, -0.05) is 54.6 Å². The molecule has 0 bridgehead atoms. The smallest absolute Gasteiger partial charge is 0.452 e. The lowest BCUT2D eigenvalue weighted by Crippen LogP contribution is -2.62. The van der Waals surface area contributed by atoms with Gasteiger partial charge in [0.1, 0.15) is 6.10 Å². The predicted molar refractivity (Wildman–Crippen MR) is 136 cm³/mol. The maximum absolute atomic E-state index is 13.1. The zero-order valence-electron chi connectivity index (χ0n) is 20.7. The van der Waals surface area contributed by atoms with Crippen molar-refractivity contribution in [3.05, 3.63) is 108 Å². The fraction of sp³-hybridized carbons (Fsp3) is 0.222. The fourth-order valence-corrected chi connectivity index (χ4v) is 4.24. The van der Waals surface area contributed by atoms with Crippen LogP contribution in [0.25, 0.3) is 0 Å². The van der Waals surface area contributed by atoms with E-state index in [1.807, 2.05) is 0 Å². The van der Waals surface area contributed by atoms with Crippen LogP contribution in [-0.4, -0.2) is 70.1 Å². The predicted octanol–water partition coefficient (Wildman–Crippen LogP) is 2.49. The summed E-state index contributed by atoms with van der Waals surface area (Å²) in [4.78, 5) is 57.4. The molecule has 3 aromatic rings. The lowest BCUT2D eigenvalue weighted by Gasteiger charge is -2.43. The van der Waals surface area contributed by atoms with E-state index in [9.17, 15) is 33.8 Å². The van der Waals surface area contributed by atoms with Crippen molar-refractivity contribution >= 4 is 25.7 Å². The van der Waals surface area contributed by atoms with E-state index in [0.29, 0.717) is 0 Å². The standard InChI is InChI=1S/C27H25O12P/c28-24(17-10-4-1-5-11-17)37-21-20(16-35-40(32,33)34)36-27(31)23(39-26(30)19-14-8-3-9-15-19)22(21)38-25(29)18-12-6-2-7-13-18/h1-15,20-23,27,31H,16H2,(H2,32,33,34)/t20-,21-,22+,23-,27+/m1/s1. The number of aliphatic hydroxyl groups is 1. The third kappa shape index (κ3) is 7.60. The van der Waals surface area contributed by atoms with Crippen LogP contribution in [0, 0.1) is 0 Å². The number of carbonyl (C=O) groups is 3. The average Bonchev–Trinajstić information content (AvgIpc) is 2.96. The number of carbonyl (C=O) groups excluding carboxylic acids is 3. The summed E-state index contributed by atoms with van der Waals surface area (Å²) in [6.45, 7) is -0.882. The second-order valence-corrected chi connectivity index (χ2v) is 9.80. The van der Waals surface area contributed by atoms with Crippen LogP contribution in [0.1, 0.15) is 31.1 Å². The van der Waals surface area contributed by atoms with Crippen molar-refractivity contribution in [3.63, 3.8) is 0 Å². The summed E-state index contributed by atoms with van der Waals surface area (Å²) < 4.78 is 38.1. The first kappa shape index (κ1) is 29.1. The minimum Gasteiger partial charge on any atom is -0.452 e. The zero-order valence-corrected chi connectivity index (χ0v) is 21.6. The first-order chi connectivity index (χ1) is 19.1. The molecule has 0 aromatic heterocycles. The van der Waals surface area contributed by atoms with Crippen molar-refractivity contribution in [1.82, 2.24) is 0 Å². The lowest BCUT2D eigenvalue weighted by molar-refractivity contribution is -0.283. The summed E-state index contributed by atoms with van der Waals surface area (Å²) >= 11 is 0. The number of rotatable bonds is 9. The Labute approximate surface area is 228 Å². The third-order valence-corrected chi connectivity index (χ3v) is 6.26. The van der Waals surface area contributed by atoms with Gasteiger partial charge in [-0.3, -0.25) is 4.52 Å². The molecule has 1 fully saturated rings. The van der Waals surface area contributed by atoms with Crippen molar-refractivity contribution in [3.8, 4) is 0 Å². The molecule has 0 spiro atoms. The summed E-state index contributed by atoms with van der Waals surface area (Å²) in [5.41, 5.74) is 0.287. The van der Waals surface area contributed by atoms with E-state index >= 15 is 0 Å². The van der Waals surface area contributed by atoms with Crippen molar-refractivity contribution in [2.45, 2.75) is 30.7 Å². The van der Waals surface area contributed by atoms with Gasteiger partial charge in [0.25, 0.3) is 0 Å². The summed E-state index contributed by atoms with van der Waals surface area (Å²) in [5.74, 6) is -2.75. The van der Waals surface area contributed by atoms with Gasteiger partial charge in [0.2, 0.25) is 0 Å². The monoisotopic (exact) mass is 572 g/mol. The van der Waals surface area contributed by atoms with Crippen molar-refractivity contribution in [2.75, 3.05) is 6.61 Å². The number of aliphatic hydroxyl groups excluding tert-OH is 1. The SMILES string of the molecule is O=C(O[C@@H]1[C@@H](OC(=O)c2ccccc2)[C@@H](O)O[C@H](COP(=O)(O)O)[C@H]1OC(=O)c1ccccc1)c1ccccc1. The van der Waals surface area contributed by atoms with Gasteiger partial charge in [-0.2, -0.15) is 0 Å². The number of benzene rings is 3. The zero-order chi connectivity index (χ0) is 28.7. The normalized spacial score (nSPS) is 22.6. The first-order valence-corrected chi connectivity index (χ1v) is 13.5. The molecule has 40 heavy (non-hydrogen) atoms. The number of hydrogen-bond donors (Lipinski definition) is 3. The van der Waals surface area contributed by atoms with Crippen LogP contribution in [0.5, 0.6) is 0 Å². The van der Waals surface area contributed by atoms with E-state index in [0.717, 1.165) is 0 Å². The molecule has 12 nitrogen and oxygen atoms in total. The molecule has 13 heteroatoms. The summed E-state index contributed by atoms with van der Waals surface area (Å²) in [6, 6.07) is 23.1. The van der Waals surface area contributed by atoms with Crippen LogP contribution in [0.15, 0.2) is 91.0 Å². The quantitative estimate of drug-likeness (QED) is 0.194. The van der Waals surface area contributed by atoms with Gasteiger partial charge in [-0.25, -0.2) is 18.9 Å². The minimum absolute atomic E-state index is 0.0905. The second-order valence-electron chi connectivity index (χ2n) is 8.56. The van der Waals surface area contributed by atoms with Gasteiger partial charge in [0.05, 0.1) is 23.3 Å². The molecule has 1 saturated heterocycles. The molecule has 5 atom stereocenters. The Hall–Kier alpha value is -3.90. The fourth-order valence-electron chi connectivity index (χ4n) is 3.90. The van der Waals surface area contributed by atoms with Crippen LogP contribution < -0.4 is 0 Å². The van der Waals surface area contributed by atoms with E-state index in [4.69, 9.17) is 18.9 Å². The van der Waals surface area contributed by atoms with E-state index in [2.05, 4.69) is 4.52 Å². The number of phosphoric ester groups is 1. The molecule has 1 aliphatic rings. The summed E-state index contributed by atoms with van der Waals surface area (Å²) in [5, 5.41) is 10.8. The molecule has 0 saturated carbocycles. The van der Waals surface area contributed by atoms with Crippen molar-refractivity contribution in [2.24, 2.45) is 0 Å². The van der Waals surface area contributed by atoms with E-state index in [1.165, 1.54) is 36.4 Å². The van der Waals surface area contributed by atoms with Crippen LogP contribution in [0.4, 0.5) is 0 Å².